The molecule has 34 heavy (non-hydrogen) atoms. The summed E-state index contributed by atoms with van der Waals surface area (Å²) in [6.07, 6.45) is 0.860. The van der Waals surface area contributed by atoms with Crippen molar-refractivity contribution in [2.75, 3.05) is 18.9 Å². The summed E-state index contributed by atoms with van der Waals surface area (Å²) in [6.45, 7) is 5.37. The van der Waals surface area contributed by atoms with Crippen molar-refractivity contribution in [2.45, 2.75) is 44.0 Å². The Morgan fingerprint density at radius 1 is 1.21 bits per heavy atom. The van der Waals surface area contributed by atoms with Gasteiger partial charge in [-0.1, -0.05) is 53.7 Å². The number of aromatic nitrogens is 1. The largest absolute Gasteiger partial charge is 0.379 e. The molecule has 1 N–H and O–H groups in total. The molecule has 2 heterocycles. The second kappa shape index (κ2) is 10.8. The van der Waals surface area contributed by atoms with Gasteiger partial charge in [-0.2, -0.15) is 0 Å². The average Bonchev–Trinajstić information content (AvgIpc) is 3.00. The maximum Gasteiger partial charge on any atom is 0.247 e. The van der Waals surface area contributed by atoms with E-state index in [0.29, 0.717) is 31.1 Å². The fourth-order valence-electron chi connectivity index (χ4n) is 4.29. The number of benzene rings is 2. The van der Waals surface area contributed by atoms with Crippen LogP contribution in [0.1, 0.15) is 37.4 Å². The zero-order valence-electron chi connectivity index (χ0n) is 19.7. The SMILES string of the molecule is CC(C)OCCCNC(=O)C1c2c(n(C)c3ccccc23)SCC(=O)N1Cc1ccc(Cl)cc1. The number of fused-ring (bicyclic) bond motifs is 3. The Hall–Kier alpha value is -2.48. The summed E-state index contributed by atoms with van der Waals surface area (Å²) < 4.78 is 7.69. The van der Waals surface area contributed by atoms with Crippen LogP contribution in [0, 0.1) is 0 Å². The summed E-state index contributed by atoms with van der Waals surface area (Å²) in [6, 6.07) is 14.7. The Kier molecular flexibility index (Phi) is 7.86. The van der Waals surface area contributed by atoms with E-state index in [1.54, 1.807) is 17.0 Å². The molecule has 0 bridgehead atoms. The van der Waals surface area contributed by atoms with Gasteiger partial charge < -0.3 is 19.5 Å². The van der Waals surface area contributed by atoms with E-state index in [9.17, 15) is 9.59 Å². The quantitative estimate of drug-likeness (QED) is 0.446. The second-order valence-corrected chi connectivity index (χ2v) is 10.1. The smallest absolute Gasteiger partial charge is 0.247 e. The fourth-order valence-corrected chi connectivity index (χ4v) is 5.51. The van der Waals surface area contributed by atoms with Crippen molar-refractivity contribution >= 4 is 46.1 Å². The molecule has 2 amide bonds. The normalized spacial score (nSPS) is 16.1. The summed E-state index contributed by atoms with van der Waals surface area (Å²) >= 11 is 7.56. The van der Waals surface area contributed by atoms with Crippen molar-refractivity contribution in [3.8, 4) is 0 Å². The molecule has 0 aliphatic carbocycles. The van der Waals surface area contributed by atoms with Crippen LogP contribution in [0.15, 0.2) is 53.6 Å². The van der Waals surface area contributed by atoms with Crippen molar-refractivity contribution in [3.05, 3.63) is 64.7 Å². The van der Waals surface area contributed by atoms with Crippen molar-refractivity contribution in [1.82, 2.24) is 14.8 Å². The molecule has 2 aromatic carbocycles. The molecular weight excluding hydrogens is 470 g/mol. The minimum Gasteiger partial charge on any atom is -0.379 e. The lowest BCUT2D eigenvalue weighted by Crippen LogP contribution is -2.43. The van der Waals surface area contributed by atoms with Crippen molar-refractivity contribution in [2.24, 2.45) is 7.05 Å². The van der Waals surface area contributed by atoms with Crippen molar-refractivity contribution in [1.29, 1.82) is 0 Å². The number of hydrogen-bond donors (Lipinski definition) is 1. The number of aryl methyl sites for hydroxylation is 1. The number of thioether (sulfide) groups is 1. The van der Waals surface area contributed by atoms with Gasteiger partial charge in [0.25, 0.3) is 0 Å². The topological polar surface area (TPSA) is 63.6 Å². The van der Waals surface area contributed by atoms with Crippen LogP contribution in [-0.2, 0) is 27.9 Å². The number of carbonyl (C=O) groups is 2. The Bertz CT molecular complexity index is 1180. The predicted molar refractivity (Wildman–Crippen MR) is 137 cm³/mol. The van der Waals surface area contributed by atoms with Gasteiger partial charge >= 0.3 is 0 Å². The van der Waals surface area contributed by atoms with E-state index >= 15 is 0 Å². The highest BCUT2D eigenvalue weighted by Crippen LogP contribution is 2.42. The molecule has 0 fully saturated rings. The fraction of sp³-hybridized carbons (Fsp3) is 0.385. The number of hydrogen-bond acceptors (Lipinski definition) is 4. The zero-order chi connectivity index (χ0) is 24.2. The molecule has 0 saturated heterocycles. The first kappa shape index (κ1) is 24.6. The number of carbonyl (C=O) groups excluding carboxylic acids is 2. The number of nitrogens with one attached hydrogen (secondary N) is 1. The molecule has 1 unspecified atom stereocenters. The van der Waals surface area contributed by atoms with Crippen LogP contribution >= 0.6 is 23.4 Å². The Balaban J connectivity index is 1.70. The van der Waals surface area contributed by atoms with Gasteiger partial charge in [-0.15, -0.1) is 0 Å². The summed E-state index contributed by atoms with van der Waals surface area (Å²) in [5, 5.41) is 5.64. The predicted octanol–water partition coefficient (Wildman–Crippen LogP) is 4.94. The molecule has 180 valence electrons. The lowest BCUT2D eigenvalue weighted by molar-refractivity contribution is -0.139. The molecule has 0 spiro atoms. The summed E-state index contributed by atoms with van der Waals surface area (Å²) in [7, 11) is 1.99. The van der Waals surface area contributed by atoms with Crippen molar-refractivity contribution in [3.63, 3.8) is 0 Å². The van der Waals surface area contributed by atoms with E-state index in [4.69, 9.17) is 16.3 Å². The summed E-state index contributed by atoms with van der Waals surface area (Å²) in [5.74, 6) is 0.0343. The molecule has 6 nitrogen and oxygen atoms in total. The number of halogens is 1. The van der Waals surface area contributed by atoms with E-state index in [0.717, 1.165) is 27.1 Å². The van der Waals surface area contributed by atoms with E-state index in [1.807, 2.05) is 57.3 Å². The van der Waals surface area contributed by atoms with Gasteiger partial charge in [0.15, 0.2) is 0 Å². The van der Waals surface area contributed by atoms with E-state index in [1.165, 1.54) is 11.8 Å². The highest BCUT2D eigenvalue weighted by atomic mass is 35.5. The number of ether oxygens (including phenoxy) is 1. The third-order valence-electron chi connectivity index (χ3n) is 5.91. The molecule has 3 aromatic rings. The first-order valence-electron chi connectivity index (χ1n) is 11.5. The van der Waals surface area contributed by atoms with Gasteiger partial charge in [-0.3, -0.25) is 9.59 Å². The molecule has 1 atom stereocenters. The minimum absolute atomic E-state index is 0.0662. The average molecular weight is 500 g/mol. The third-order valence-corrected chi connectivity index (χ3v) is 7.32. The molecule has 4 rings (SSSR count). The monoisotopic (exact) mass is 499 g/mol. The molecular formula is C26H30ClN3O3S. The number of nitrogens with zero attached hydrogens (tertiary/aromatic N) is 2. The third kappa shape index (κ3) is 5.27. The maximum absolute atomic E-state index is 13.7. The van der Waals surface area contributed by atoms with E-state index < -0.39 is 6.04 Å². The molecule has 1 aliphatic rings. The van der Waals surface area contributed by atoms with Crippen LogP contribution in [-0.4, -0.2) is 46.3 Å². The van der Waals surface area contributed by atoms with Crippen LogP contribution in [0.3, 0.4) is 0 Å². The van der Waals surface area contributed by atoms with Gasteiger partial charge in [-0.05, 0) is 44.0 Å². The molecule has 0 radical (unpaired) electrons. The van der Waals surface area contributed by atoms with Gasteiger partial charge in [0.1, 0.15) is 6.04 Å². The Morgan fingerprint density at radius 2 is 1.94 bits per heavy atom. The molecule has 0 saturated carbocycles. The van der Waals surface area contributed by atoms with Crippen LogP contribution in [0.25, 0.3) is 10.9 Å². The Morgan fingerprint density at radius 3 is 2.68 bits per heavy atom. The lowest BCUT2D eigenvalue weighted by atomic mass is 10.0. The number of rotatable bonds is 8. The zero-order valence-corrected chi connectivity index (χ0v) is 21.3. The van der Waals surface area contributed by atoms with E-state index in [2.05, 4.69) is 9.88 Å². The minimum atomic E-state index is -0.731. The first-order valence-corrected chi connectivity index (χ1v) is 12.9. The van der Waals surface area contributed by atoms with Gasteiger partial charge in [0.2, 0.25) is 11.8 Å². The summed E-state index contributed by atoms with van der Waals surface area (Å²) in [5.41, 5.74) is 2.86. The van der Waals surface area contributed by atoms with Crippen LogP contribution in [0.4, 0.5) is 0 Å². The highest BCUT2D eigenvalue weighted by Gasteiger charge is 2.38. The molecule has 1 aliphatic heterocycles. The summed E-state index contributed by atoms with van der Waals surface area (Å²) in [4.78, 5) is 28.7. The lowest BCUT2D eigenvalue weighted by Gasteiger charge is -2.30. The van der Waals surface area contributed by atoms with Crippen LogP contribution < -0.4 is 5.32 Å². The maximum atomic E-state index is 13.7. The second-order valence-electron chi connectivity index (χ2n) is 8.70. The molecule has 1 aromatic heterocycles. The highest BCUT2D eigenvalue weighted by molar-refractivity contribution is 8.00. The van der Waals surface area contributed by atoms with Gasteiger partial charge in [-0.25, -0.2) is 0 Å². The van der Waals surface area contributed by atoms with E-state index in [-0.39, 0.29) is 23.7 Å². The Labute approximate surface area is 209 Å². The standard InChI is InChI=1S/C26H30ClN3O3S/c1-17(2)33-14-6-13-28-25(32)24-23-20-7-4-5-8-21(20)29(3)26(23)34-16-22(31)30(24)15-18-9-11-19(27)12-10-18/h4-5,7-12,17,24H,6,13-16H2,1-3H3,(H,28,32). The number of amides is 2. The number of para-hydroxylation sites is 1. The van der Waals surface area contributed by atoms with Crippen LogP contribution in [0.2, 0.25) is 5.02 Å². The van der Waals surface area contributed by atoms with Gasteiger partial charge in [0, 0.05) is 48.2 Å². The first-order chi connectivity index (χ1) is 16.4. The molecule has 8 heteroatoms. The van der Waals surface area contributed by atoms with Crippen LogP contribution in [0.5, 0.6) is 0 Å². The van der Waals surface area contributed by atoms with Gasteiger partial charge in [0.05, 0.1) is 16.9 Å². The van der Waals surface area contributed by atoms with Crippen molar-refractivity contribution < 1.29 is 14.3 Å².